The van der Waals surface area contributed by atoms with E-state index >= 15 is 0 Å². The standard InChI is InChI=1S/C24H20ClNO4/c1-3-29-21-12-15(11-18(25)23(21)30-4-2)20-13-17(24(27)28)22-16-8-6-5-7-14(16)9-10-19(22)26-20/h5-13H,3-4H2,1-2H3,(H,27,28)/p-1. The molecule has 0 bridgehead atoms. The number of hydrogen-bond donors (Lipinski definition) is 0. The van der Waals surface area contributed by atoms with Crippen LogP contribution in [-0.2, 0) is 0 Å². The van der Waals surface area contributed by atoms with E-state index in [1.54, 1.807) is 12.1 Å². The summed E-state index contributed by atoms with van der Waals surface area (Å²) in [5, 5.41) is 14.7. The average Bonchev–Trinajstić information content (AvgIpc) is 2.75. The number of rotatable bonds is 6. The summed E-state index contributed by atoms with van der Waals surface area (Å²) in [4.78, 5) is 16.7. The van der Waals surface area contributed by atoms with Crippen molar-refractivity contribution >= 4 is 39.2 Å². The van der Waals surface area contributed by atoms with Gasteiger partial charge >= 0.3 is 0 Å². The molecular formula is C24H19ClNO4-. The van der Waals surface area contributed by atoms with Gasteiger partial charge in [0.15, 0.2) is 11.5 Å². The van der Waals surface area contributed by atoms with Gasteiger partial charge in [0.05, 0.1) is 35.4 Å². The second kappa shape index (κ2) is 8.20. The Hall–Kier alpha value is -3.31. The minimum absolute atomic E-state index is 0.0785. The highest BCUT2D eigenvalue weighted by Gasteiger charge is 2.16. The first-order chi connectivity index (χ1) is 14.5. The zero-order chi connectivity index (χ0) is 21.3. The monoisotopic (exact) mass is 420 g/mol. The number of hydrogen-bond acceptors (Lipinski definition) is 5. The average molecular weight is 421 g/mol. The number of carbonyl (C=O) groups is 1. The molecule has 0 atom stereocenters. The molecule has 1 aromatic heterocycles. The molecule has 0 unspecified atom stereocenters. The Kier molecular flexibility index (Phi) is 5.46. The van der Waals surface area contributed by atoms with Crippen molar-refractivity contribution in [3.63, 3.8) is 0 Å². The van der Waals surface area contributed by atoms with E-state index in [0.717, 1.165) is 10.8 Å². The zero-order valence-electron chi connectivity index (χ0n) is 16.6. The van der Waals surface area contributed by atoms with Crippen LogP contribution in [0.5, 0.6) is 11.5 Å². The number of nitrogens with zero attached hydrogens (tertiary/aromatic N) is 1. The van der Waals surface area contributed by atoms with Crippen LogP contribution in [0.2, 0.25) is 5.02 Å². The second-order valence-corrected chi connectivity index (χ2v) is 7.08. The molecule has 6 heteroatoms. The zero-order valence-corrected chi connectivity index (χ0v) is 17.3. The first-order valence-corrected chi connectivity index (χ1v) is 10.0. The van der Waals surface area contributed by atoms with Crippen molar-refractivity contribution < 1.29 is 19.4 Å². The molecule has 4 aromatic rings. The molecule has 0 saturated carbocycles. The molecule has 0 radical (unpaired) electrons. The smallest absolute Gasteiger partial charge is 0.179 e. The van der Waals surface area contributed by atoms with E-state index in [1.165, 1.54) is 6.07 Å². The van der Waals surface area contributed by atoms with Crippen molar-refractivity contribution in [1.29, 1.82) is 0 Å². The SMILES string of the molecule is CCOc1cc(-c2cc(C(=O)[O-])c3c(ccc4ccccc43)n2)cc(Cl)c1OCC. The lowest BCUT2D eigenvalue weighted by molar-refractivity contribution is -0.254. The minimum Gasteiger partial charge on any atom is -0.545 e. The number of aromatic nitrogens is 1. The molecule has 0 aliphatic carbocycles. The normalized spacial score (nSPS) is 11.0. The van der Waals surface area contributed by atoms with E-state index < -0.39 is 5.97 Å². The Labute approximate surface area is 178 Å². The van der Waals surface area contributed by atoms with Crippen LogP contribution < -0.4 is 14.6 Å². The number of pyridine rings is 1. The van der Waals surface area contributed by atoms with E-state index in [2.05, 4.69) is 0 Å². The molecule has 1 heterocycles. The van der Waals surface area contributed by atoms with Gasteiger partial charge in [0.2, 0.25) is 0 Å². The van der Waals surface area contributed by atoms with E-state index in [0.29, 0.717) is 51.9 Å². The predicted octanol–water partition coefficient (Wildman–Crippen LogP) is 4.87. The fraction of sp³-hybridized carbons (Fsp3) is 0.167. The Morgan fingerprint density at radius 1 is 1.03 bits per heavy atom. The fourth-order valence-corrected chi connectivity index (χ4v) is 3.84. The van der Waals surface area contributed by atoms with E-state index in [-0.39, 0.29) is 5.56 Å². The van der Waals surface area contributed by atoms with E-state index in [1.807, 2.05) is 50.2 Å². The Morgan fingerprint density at radius 3 is 2.53 bits per heavy atom. The number of ether oxygens (including phenoxy) is 2. The lowest BCUT2D eigenvalue weighted by atomic mass is 9.98. The third kappa shape index (κ3) is 3.53. The van der Waals surface area contributed by atoms with Gasteiger partial charge in [0.25, 0.3) is 0 Å². The van der Waals surface area contributed by atoms with Crippen molar-refractivity contribution in [2.24, 2.45) is 0 Å². The van der Waals surface area contributed by atoms with Crippen molar-refractivity contribution in [1.82, 2.24) is 4.98 Å². The molecule has 0 saturated heterocycles. The maximum Gasteiger partial charge on any atom is 0.179 e. The molecule has 30 heavy (non-hydrogen) atoms. The van der Waals surface area contributed by atoms with Gasteiger partial charge in [-0.15, -0.1) is 0 Å². The summed E-state index contributed by atoms with van der Waals surface area (Å²) in [5.74, 6) is -0.323. The topological polar surface area (TPSA) is 71.5 Å². The van der Waals surface area contributed by atoms with Crippen LogP contribution in [0.4, 0.5) is 0 Å². The third-order valence-electron chi connectivity index (χ3n) is 4.81. The molecule has 0 amide bonds. The maximum atomic E-state index is 12.0. The van der Waals surface area contributed by atoms with Gasteiger partial charge in [0.1, 0.15) is 0 Å². The van der Waals surface area contributed by atoms with Crippen LogP contribution >= 0.6 is 11.6 Å². The van der Waals surface area contributed by atoms with E-state index in [9.17, 15) is 9.90 Å². The van der Waals surface area contributed by atoms with Crippen LogP contribution in [0.25, 0.3) is 32.9 Å². The van der Waals surface area contributed by atoms with Crippen molar-refractivity contribution in [3.05, 3.63) is 65.2 Å². The highest BCUT2D eigenvalue weighted by Crippen LogP contribution is 2.40. The summed E-state index contributed by atoms with van der Waals surface area (Å²) in [6.45, 7) is 4.60. The molecule has 4 rings (SSSR count). The maximum absolute atomic E-state index is 12.0. The quantitative estimate of drug-likeness (QED) is 0.416. The van der Waals surface area contributed by atoms with Crippen LogP contribution in [0, 0.1) is 0 Å². The summed E-state index contributed by atoms with van der Waals surface area (Å²) in [6.07, 6.45) is 0. The van der Waals surface area contributed by atoms with Crippen LogP contribution in [-0.4, -0.2) is 24.2 Å². The van der Waals surface area contributed by atoms with Gasteiger partial charge in [-0.05, 0) is 48.9 Å². The lowest BCUT2D eigenvalue weighted by Crippen LogP contribution is -2.23. The fourth-order valence-electron chi connectivity index (χ4n) is 3.58. The molecule has 0 spiro atoms. The lowest BCUT2D eigenvalue weighted by Gasteiger charge is -2.16. The second-order valence-electron chi connectivity index (χ2n) is 6.67. The van der Waals surface area contributed by atoms with E-state index in [4.69, 9.17) is 26.1 Å². The van der Waals surface area contributed by atoms with Crippen molar-refractivity contribution in [2.45, 2.75) is 13.8 Å². The highest BCUT2D eigenvalue weighted by atomic mass is 35.5. The molecule has 0 aliphatic rings. The number of benzene rings is 3. The third-order valence-corrected chi connectivity index (χ3v) is 5.09. The van der Waals surface area contributed by atoms with Gasteiger partial charge in [-0.25, -0.2) is 4.98 Å². The van der Waals surface area contributed by atoms with Crippen LogP contribution in [0.3, 0.4) is 0 Å². The Balaban J connectivity index is 1.98. The highest BCUT2D eigenvalue weighted by molar-refractivity contribution is 6.32. The summed E-state index contributed by atoms with van der Waals surface area (Å²) < 4.78 is 11.3. The minimum atomic E-state index is -1.26. The van der Waals surface area contributed by atoms with Gasteiger partial charge in [-0.1, -0.05) is 41.9 Å². The molecule has 3 aromatic carbocycles. The molecule has 0 N–H and O–H groups in total. The molecular weight excluding hydrogens is 402 g/mol. The van der Waals surface area contributed by atoms with Crippen LogP contribution in [0.15, 0.2) is 54.6 Å². The number of carboxylic acids is 1. The first kappa shape index (κ1) is 20.0. The Bertz CT molecular complexity index is 1270. The molecule has 5 nitrogen and oxygen atoms in total. The molecule has 152 valence electrons. The largest absolute Gasteiger partial charge is 0.545 e. The molecule has 0 fully saturated rings. The van der Waals surface area contributed by atoms with Gasteiger partial charge in [-0.3, -0.25) is 0 Å². The Morgan fingerprint density at radius 2 is 1.80 bits per heavy atom. The summed E-state index contributed by atoms with van der Waals surface area (Å²) in [6, 6.07) is 16.3. The number of carboxylic acid groups (broad SMARTS) is 1. The van der Waals surface area contributed by atoms with Gasteiger partial charge in [-0.2, -0.15) is 0 Å². The van der Waals surface area contributed by atoms with Crippen molar-refractivity contribution in [3.8, 4) is 22.8 Å². The summed E-state index contributed by atoms with van der Waals surface area (Å²) >= 11 is 6.44. The number of fused-ring (bicyclic) bond motifs is 3. The number of carbonyl (C=O) groups excluding carboxylic acids is 1. The predicted molar refractivity (Wildman–Crippen MR) is 116 cm³/mol. The van der Waals surface area contributed by atoms with Crippen molar-refractivity contribution in [2.75, 3.05) is 13.2 Å². The van der Waals surface area contributed by atoms with Gasteiger partial charge in [0, 0.05) is 16.5 Å². The summed E-state index contributed by atoms with van der Waals surface area (Å²) in [7, 11) is 0. The first-order valence-electron chi connectivity index (χ1n) is 9.66. The molecule has 0 aliphatic heterocycles. The van der Waals surface area contributed by atoms with Crippen LogP contribution in [0.1, 0.15) is 24.2 Å². The summed E-state index contributed by atoms with van der Waals surface area (Å²) in [5.41, 5.74) is 1.73. The number of halogens is 1. The van der Waals surface area contributed by atoms with Gasteiger partial charge < -0.3 is 19.4 Å². The number of aromatic carboxylic acids is 1.